The molecule has 2 atom stereocenters. The predicted molar refractivity (Wildman–Crippen MR) is 111 cm³/mol. The molecule has 2 aromatic rings. The van der Waals surface area contributed by atoms with E-state index in [9.17, 15) is 19.5 Å². The molecule has 154 valence electrons. The molecule has 0 fully saturated rings. The SMILES string of the molecule is CCC(C(=O)O)C(NC(=O)CCC(=O)Nc1ccc(CN)cc1)c1ccccc1. The van der Waals surface area contributed by atoms with Crippen molar-refractivity contribution in [2.24, 2.45) is 11.7 Å². The highest BCUT2D eigenvalue weighted by atomic mass is 16.4. The minimum absolute atomic E-state index is 0.00412. The van der Waals surface area contributed by atoms with Gasteiger partial charge in [0.25, 0.3) is 0 Å². The Labute approximate surface area is 170 Å². The molecule has 0 aliphatic rings. The first-order valence-corrected chi connectivity index (χ1v) is 9.60. The molecule has 7 heteroatoms. The average Bonchev–Trinajstić information content (AvgIpc) is 2.73. The number of anilines is 1. The molecule has 0 radical (unpaired) electrons. The first-order valence-electron chi connectivity index (χ1n) is 9.60. The van der Waals surface area contributed by atoms with E-state index in [0.717, 1.165) is 11.1 Å². The molecule has 7 nitrogen and oxygen atoms in total. The smallest absolute Gasteiger partial charge is 0.308 e. The normalized spacial score (nSPS) is 12.6. The fourth-order valence-corrected chi connectivity index (χ4v) is 3.05. The maximum atomic E-state index is 12.4. The van der Waals surface area contributed by atoms with Gasteiger partial charge in [-0.25, -0.2) is 0 Å². The van der Waals surface area contributed by atoms with Crippen molar-refractivity contribution in [2.45, 2.75) is 38.8 Å². The third kappa shape index (κ3) is 6.73. The van der Waals surface area contributed by atoms with Gasteiger partial charge in [0.1, 0.15) is 0 Å². The van der Waals surface area contributed by atoms with Crippen LogP contribution in [0.3, 0.4) is 0 Å². The molecule has 0 spiro atoms. The Morgan fingerprint density at radius 3 is 2.14 bits per heavy atom. The molecule has 2 aromatic carbocycles. The zero-order chi connectivity index (χ0) is 21.2. The standard InChI is InChI=1S/C22H27N3O4/c1-2-18(22(28)29)21(16-6-4-3-5-7-16)25-20(27)13-12-19(26)24-17-10-8-15(14-23)9-11-17/h3-11,18,21H,2,12-14,23H2,1H3,(H,24,26)(H,25,27)(H,28,29). The highest BCUT2D eigenvalue weighted by Gasteiger charge is 2.29. The van der Waals surface area contributed by atoms with Gasteiger partial charge in [-0.3, -0.25) is 14.4 Å². The van der Waals surface area contributed by atoms with Crippen molar-refractivity contribution < 1.29 is 19.5 Å². The highest BCUT2D eigenvalue weighted by Crippen LogP contribution is 2.25. The minimum atomic E-state index is -0.972. The summed E-state index contributed by atoms with van der Waals surface area (Å²) in [5.41, 5.74) is 7.85. The van der Waals surface area contributed by atoms with E-state index in [0.29, 0.717) is 18.7 Å². The van der Waals surface area contributed by atoms with Crippen molar-refractivity contribution >= 4 is 23.5 Å². The fraction of sp³-hybridized carbons (Fsp3) is 0.318. The Morgan fingerprint density at radius 1 is 0.966 bits per heavy atom. The van der Waals surface area contributed by atoms with Crippen molar-refractivity contribution in [2.75, 3.05) is 5.32 Å². The minimum Gasteiger partial charge on any atom is -0.481 e. The number of carboxylic acids is 1. The van der Waals surface area contributed by atoms with Crippen LogP contribution in [0.25, 0.3) is 0 Å². The number of hydrogen-bond acceptors (Lipinski definition) is 4. The predicted octanol–water partition coefficient (Wildman–Crippen LogP) is 2.83. The summed E-state index contributed by atoms with van der Waals surface area (Å²) in [6, 6.07) is 15.5. The van der Waals surface area contributed by atoms with Gasteiger partial charge in [-0.05, 0) is 29.7 Å². The van der Waals surface area contributed by atoms with Crippen molar-refractivity contribution in [3.8, 4) is 0 Å². The van der Waals surface area contributed by atoms with Crippen molar-refractivity contribution in [1.29, 1.82) is 0 Å². The highest BCUT2D eigenvalue weighted by molar-refractivity contribution is 5.93. The van der Waals surface area contributed by atoms with Crippen LogP contribution in [0, 0.1) is 5.92 Å². The maximum absolute atomic E-state index is 12.4. The Balaban J connectivity index is 1.95. The quantitative estimate of drug-likeness (QED) is 0.491. The number of hydrogen-bond donors (Lipinski definition) is 4. The molecule has 0 bridgehead atoms. The molecule has 2 amide bonds. The largest absolute Gasteiger partial charge is 0.481 e. The Kier molecular flexibility index (Phi) is 8.36. The van der Waals surface area contributed by atoms with E-state index < -0.39 is 17.9 Å². The molecule has 2 unspecified atom stereocenters. The third-order valence-electron chi connectivity index (χ3n) is 4.69. The van der Waals surface area contributed by atoms with Crippen molar-refractivity contribution in [3.05, 3.63) is 65.7 Å². The number of carbonyl (C=O) groups excluding carboxylic acids is 2. The zero-order valence-corrected chi connectivity index (χ0v) is 16.4. The summed E-state index contributed by atoms with van der Waals surface area (Å²) < 4.78 is 0. The molecule has 0 heterocycles. The summed E-state index contributed by atoms with van der Waals surface area (Å²) in [5.74, 6) is -2.38. The first kappa shape index (κ1) is 22.1. The van der Waals surface area contributed by atoms with Gasteiger partial charge in [-0.2, -0.15) is 0 Å². The van der Waals surface area contributed by atoms with Gasteiger partial charge in [-0.1, -0.05) is 49.4 Å². The van der Waals surface area contributed by atoms with Gasteiger partial charge < -0.3 is 21.5 Å². The molecule has 29 heavy (non-hydrogen) atoms. The lowest BCUT2D eigenvalue weighted by Gasteiger charge is -2.25. The van der Waals surface area contributed by atoms with E-state index in [-0.39, 0.29) is 24.7 Å². The molecule has 5 N–H and O–H groups in total. The van der Waals surface area contributed by atoms with E-state index in [1.165, 1.54) is 0 Å². The van der Waals surface area contributed by atoms with Crippen LogP contribution in [0.4, 0.5) is 5.69 Å². The molecule has 2 rings (SSSR count). The van der Waals surface area contributed by atoms with E-state index >= 15 is 0 Å². The number of aliphatic carboxylic acids is 1. The van der Waals surface area contributed by atoms with Crippen molar-refractivity contribution in [3.63, 3.8) is 0 Å². The van der Waals surface area contributed by atoms with Crippen LogP contribution in [0.1, 0.15) is 43.4 Å². The van der Waals surface area contributed by atoms with Crippen LogP contribution >= 0.6 is 0 Å². The molecule has 0 aromatic heterocycles. The zero-order valence-electron chi connectivity index (χ0n) is 16.4. The fourth-order valence-electron chi connectivity index (χ4n) is 3.05. The van der Waals surface area contributed by atoms with Gasteiger partial charge >= 0.3 is 5.97 Å². The number of carboxylic acid groups (broad SMARTS) is 1. The lowest BCUT2D eigenvalue weighted by molar-refractivity contribution is -0.143. The number of carbonyl (C=O) groups is 3. The molecule has 0 saturated carbocycles. The van der Waals surface area contributed by atoms with E-state index in [2.05, 4.69) is 10.6 Å². The summed E-state index contributed by atoms with van der Waals surface area (Å²) in [4.78, 5) is 36.1. The Morgan fingerprint density at radius 2 is 1.59 bits per heavy atom. The second-order valence-electron chi connectivity index (χ2n) is 6.76. The second-order valence-corrected chi connectivity index (χ2v) is 6.76. The van der Waals surface area contributed by atoms with E-state index in [4.69, 9.17) is 5.73 Å². The summed E-state index contributed by atoms with van der Waals surface area (Å²) in [6.07, 6.45) is 0.330. The first-order chi connectivity index (χ1) is 13.9. The lowest BCUT2D eigenvalue weighted by Crippen LogP contribution is -2.36. The average molecular weight is 397 g/mol. The molecular formula is C22H27N3O4. The summed E-state index contributed by atoms with van der Waals surface area (Å²) in [7, 11) is 0. The Bertz CT molecular complexity index is 822. The lowest BCUT2D eigenvalue weighted by atomic mass is 9.90. The molecule has 0 aliphatic heterocycles. The number of nitrogens with one attached hydrogen (secondary N) is 2. The van der Waals surface area contributed by atoms with Crippen LogP contribution in [-0.2, 0) is 20.9 Å². The topological polar surface area (TPSA) is 122 Å². The van der Waals surface area contributed by atoms with E-state index in [1.54, 1.807) is 43.3 Å². The maximum Gasteiger partial charge on any atom is 0.308 e. The summed E-state index contributed by atoms with van der Waals surface area (Å²) in [6.45, 7) is 2.19. The monoisotopic (exact) mass is 397 g/mol. The second kappa shape index (κ2) is 11.0. The number of nitrogens with two attached hydrogens (primary N) is 1. The van der Waals surface area contributed by atoms with Gasteiger partial charge in [0.15, 0.2) is 0 Å². The number of amides is 2. The van der Waals surface area contributed by atoms with Gasteiger partial charge in [0.2, 0.25) is 11.8 Å². The van der Waals surface area contributed by atoms with Crippen LogP contribution in [0.5, 0.6) is 0 Å². The van der Waals surface area contributed by atoms with Crippen LogP contribution in [0.2, 0.25) is 0 Å². The number of rotatable bonds is 10. The van der Waals surface area contributed by atoms with Gasteiger partial charge in [0, 0.05) is 25.1 Å². The Hall–Kier alpha value is -3.19. The van der Waals surface area contributed by atoms with Gasteiger partial charge in [-0.15, -0.1) is 0 Å². The van der Waals surface area contributed by atoms with Crippen molar-refractivity contribution in [1.82, 2.24) is 5.32 Å². The van der Waals surface area contributed by atoms with Gasteiger partial charge in [0.05, 0.1) is 12.0 Å². The molecule has 0 saturated heterocycles. The number of benzene rings is 2. The summed E-state index contributed by atoms with van der Waals surface area (Å²) >= 11 is 0. The summed E-state index contributed by atoms with van der Waals surface area (Å²) in [5, 5.41) is 15.0. The van der Waals surface area contributed by atoms with E-state index in [1.807, 2.05) is 18.2 Å². The van der Waals surface area contributed by atoms with Crippen LogP contribution in [-0.4, -0.2) is 22.9 Å². The van der Waals surface area contributed by atoms with Crippen LogP contribution < -0.4 is 16.4 Å². The molecular weight excluding hydrogens is 370 g/mol. The third-order valence-corrected chi connectivity index (χ3v) is 4.69. The molecule has 0 aliphatic carbocycles. The van der Waals surface area contributed by atoms with Crippen LogP contribution in [0.15, 0.2) is 54.6 Å².